The second-order valence-corrected chi connectivity index (χ2v) is 6.97. The highest BCUT2D eigenvalue weighted by molar-refractivity contribution is 6.01. The van der Waals surface area contributed by atoms with Gasteiger partial charge in [-0.15, -0.1) is 0 Å². The fourth-order valence-corrected chi connectivity index (χ4v) is 3.32. The average Bonchev–Trinajstić information content (AvgIpc) is 3.45. The Hall–Kier alpha value is -3.49. The Morgan fingerprint density at radius 1 is 1.24 bits per heavy atom. The number of hydrogen-bond donors (Lipinski definition) is 2. The summed E-state index contributed by atoms with van der Waals surface area (Å²) in [5.41, 5.74) is 0.652. The second-order valence-electron chi connectivity index (χ2n) is 6.97. The molecule has 2 aliphatic rings. The number of anilines is 1. The fourth-order valence-electron chi connectivity index (χ4n) is 3.32. The first-order valence-corrected chi connectivity index (χ1v) is 9.32. The van der Waals surface area contributed by atoms with Crippen molar-refractivity contribution < 1.29 is 28.3 Å². The number of ether oxygens (including phenoxy) is 2. The number of carbonyl (C=O) groups excluding carboxylic acids is 3. The van der Waals surface area contributed by atoms with E-state index in [0.29, 0.717) is 22.9 Å². The molecule has 2 N–H and O–H groups in total. The Morgan fingerprint density at radius 3 is 2.86 bits per heavy atom. The molecule has 29 heavy (non-hydrogen) atoms. The van der Waals surface area contributed by atoms with Gasteiger partial charge in [-0.3, -0.25) is 14.4 Å². The van der Waals surface area contributed by atoms with Gasteiger partial charge in [0.25, 0.3) is 0 Å². The molecule has 1 aromatic heterocycles. The lowest BCUT2D eigenvalue weighted by molar-refractivity contribution is -0.131. The molecule has 2 aromatic rings. The summed E-state index contributed by atoms with van der Waals surface area (Å²) in [5, 5.41) is 5.38. The fraction of sp³-hybridized carbons (Fsp3) is 0.350. The van der Waals surface area contributed by atoms with E-state index >= 15 is 0 Å². The number of benzene rings is 1. The molecule has 4 rings (SSSR count). The number of rotatable bonds is 6. The summed E-state index contributed by atoms with van der Waals surface area (Å²) >= 11 is 0. The first-order chi connectivity index (χ1) is 14.0. The molecule has 9 nitrogen and oxygen atoms in total. The van der Waals surface area contributed by atoms with Crippen molar-refractivity contribution in [2.75, 3.05) is 18.2 Å². The molecule has 3 amide bonds. The molecule has 1 saturated heterocycles. The number of fused-ring (bicyclic) bond motifs is 1. The van der Waals surface area contributed by atoms with Crippen molar-refractivity contribution >= 4 is 23.4 Å². The molecule has 0 aliphatic carbocycles. The lowest BCUT2D eigenvalue weighted by Crippen LogP contribution is -2.46. The van der Waals surface area contributed by atoms with Crippen LogP contribution in [-0.4, -0.2) is 37.1 Å². The summed E-state index contributed by atoms with van der Waals surface area (Å²) in [6.07, 6.45) is 1.61. The summed E-state index contributed by atoms with van der Waals surface area (Å²) in [6, 6.07) is 7.98. The molecule has 152 valence electrons. The van der Waals surface area contributed by atoms with Crippen LogP contribution in [0.5, 0.6) is 11.5 Å². The molecule has 1 aromatic carbocycles. The number of carbonyl (C=O) groups is 3. The predicted octanol–water partition coefficient (Wildman–Crippen LogP) is 1.18. The quantitative estimate of drug-likeness (QED) is 0.755. The van der Waals surface area contributed by atoms with E-state index in [-0.39, 0.29) is 44.0 Å². The first-order valence-electron chi connectivity index (χ1n) is 9.32. The van der Waals surface area contributed by atoms with Crippen molar-refractivity contribution in [1.82, 2.24) is 10.6 Å². The molecular weight excluding hydrogens is 378 g/mol. The smallest absolute Gasteiger partial charge is 0.242 e. The highest BCUT2D eigenvalue weighted by Gasteiger charge is 2.36. The van der Waals surface area contributed by atoms with Gasteiger partial charge in [-0.1, -0.05) is 0 Å². The van der Waals surface area contributed by atoms with E-state index in [1.54, 1.807) is 42.2 Å². The zero-order valence-electron chi connectivity index (χ0n) is 15.8. The molecule has 3 heterocycles. The molecule has 2 aliphatic heterocycles. The molecule has 9 heteroatoms. The third-order valence-electron chi connectivity index (χ3n) is 4.93. The van der Waals surface area contributed by atoms with Gasteiger partial charge in [0.2, 0.25) is 24.5 Å². The summed E-state index contributed by atoms with van der Waals surface area (Å²) in [5.74, 6) is 0.480. The Labute approximate surface area is 166 Å². The Bertz CT molecular complexity index is 926. The van der Waals surface area contributed by atoms with Gasteiger partial charge in [0.15, 0.2) is 11.5 Å². The Balaban J connectivity index is 1.32. The maximum absolute atomic E-state index is 12.6. The average molecular weight is 399 g/mol. The zero-order chi connectivity index (χ0) is 20.4. The minimum Gasteiger partial charge on any atom is -0.467 e. The monoisotopic (exact) mass is 399 g/mol. The summed E-state index contributed by atoms with van der Waals surface area (Å²) in [7, 11) is 0. The molecule has 0 spiro atoms. The van der Waals surface area contributed by atoms with Crippen molar-refractivity contribution in [3.05, 3.63) is 42.4 Å². The predicted molar refractivity (Wildman–Crippen MR) is 101 cm³/mol. The van der Waals surface area contributed by atoms with Crippen LogP contribution in [0.1, 0.15) is 19.1 Å². The van der Waals surface area contributed by atoms with Crippen molar-refractivity contribution in [3.8, 4) is 11.5 Å². The standard InChI is InChI=1S/C20H21N3O6/c1-12(19(25)21-9-15-3-2-6-27-15)22-20(26)13-7-18(24)23(10-13)14-4-5-16-17(8-14)29-11-28-16/h2-6,8,12-13H,7,9-11H2,1H3,(H,21,25)(H,22,26)/t12-,13?/m0/s1. The minimum atomic E-state index is -0.729. The van der Waals surface area contributed by atoms with Crippen molar-refractivity contribution in [2.24, 2.45) is 5.92 Å². The van der Waals surface area contributed by atoms with Gasteiger partial charge in [0.05, 0.1) is 18.7 Å². The highest BCUT2D eigenvalue weighted by Crippen LogP contribution is 2.37. The van der Waals surface area contributed by atoms with E-state index in [9.17, 15) is 14.4 Å². The van der Waals surface area contributed by atoms with Gasteiger partial charge < -0.3 is 29.4 Å². The molecule has 1 unspecified atom stereocenters. The van der Waals surface area contributed by atoms with Gasteiger partial charge in [0, 0.05) is 24.7 Å². The van der Waals surface area contributed by atoms with Crippen LogP contribution >= 0.6 is 0 Å². The van der Waals surface area contributed by atoms with Gasteiger partial charge in [-0.25, -0.2) is 0 Å². The maximum Gasteiger partial charge on any atom is 0.242 e. The topological polar surface area (TPSA) is 110 Å². The lowest BCUT2D eigenvalue weighted by atomic mass is 10.1. The largest absolute Gasteiger partial charge is 0.467 e. The number of amides is 3. The van der Waals surface area contributed by atoms with Gasteiger partial charge >= 0.3 is 0 Å². The van der Waals surface area contributed by atoms with Crippen LogP contribution in [0.25, 0.3) is 0 Å². The third kappa shape index (κ3) is 4.03. The van der Waals surface area contributed by atoms with Crippen LogP contribution in [0.3, 0.4) is 0 Å². The molecular formula is C20H21N3O6. The van der Waals surface area contributed by atoms with Crippen LogP contribution in [0.4, 0.5) is 5.69 Å². The second kappa shape index (κ2) is 7.86. The number of furan rings is 1. The van der Waals surface area contributed by atoms with E-state index in [4.69, 9.17) is 13.9 Å². The van der Waals surface area contributed by atoms with E-state index < -0.39 is 12.0 Å². The molecule has 0 radical (unpaired) electrons. The first kappa shape index (κ1) is 18.9. The van der Waals surface area contributed by atoms with Crippen LogP contribution < -0.4 is 25.0 Å². The summed E-state index contributed by atoms with van der Waals surface area (Å²) in [6.45, 7) is 2.23. The zero-order valence-corrected chi connectivity index (χ0v) is 15.8. The summed E-state index contributed by atoms with van der Waals surface area (Å²) < 4.78 is 15.8. The number of hydrogen-bond acceptors (Lipinski definition) is 6. The number of nitrogens with one attached hydrogen (secondary N) is 2. The van der Waals surface area contributed by atoms with Gasteiger partial charge in [0.1, 0.15) is 11.8 Å². The van der Waals surface area contributed by atoms with Crippen LogP contribution in [0, 0.1) is 5.92 Å². The van der Waals surface area contributed by atoms with E-state index in [2.05, 4.69) is 10.6 Å². The molecule has 2 atom stereocenters. The van der Waals surface area contributed by atoms with E-state index in [0.717, 1.165) is 0 Å². The normalized spacial score (nSPS) is 18.6. The SMILES string of the molecule is C[C@H](NC(=O)C1CC(=O)N(c2ccc3c(c2)OCO3)C1)C(=O)NCc1ccco1. The summed E-state index contributed by atoms with van der Waals surface area (Å²) in [4.78, 5) is 38.7. The van der Waals surface area contributed by atoms with Crippen LogP contribution in [-0.2, 0) is 20.9 Å². The Morgan fingerprint density at radius 2 is 2.07 bits per heavy atom. The van der Waals surface area contributed by atoms with Crippen molar-refractivity contribution in [1.29, 1.82) is 0 Å². The van der Waals surface area contributed by atoms with E-state index in [1.165, 1.54) is 6.26 Å². The van der Waals surface area contributed by atoms with Crippen LogP contribution in [0.15, 0.2) is 41.0 Å². The van der Waals surface area contributed by atoms with Crippen LogP contribution in [0.2, 0.25) is 0 Å². The van der Waals surface area contributed by atoms with E-state index in [1.807, 2.05) is 0 Å². The molecule has 1 fully saturated rings. The Kier molecular flexibility index (Phi) is 5.11. The lowest BCUT2D eigenvalue weighted by Gasteiger charge is -2.18. The van der Waals surface area contributed by atoms with Gasteiger partial charge in [-0.2, -0.15) is 0 Å². The van der Waals surface area contributed by atoms with Gasteiger partial charge in [-0.05, 0) is 31.2 Å². The maximum atomic E-state index is 12.6. The molecule has 0 saturated carbocycles. The number of nitrogens with zero attached hydrogens (tertiary/aromatic N) is 1. The minimum absolute atomic E-state index is 0.0843. The van der Waals surface area contributed by atoms with Crippen molar-refractivity contribution in [2.45, 2.75) is 25.9 Å². The molecule has 0 bridgehead atoms. The third-order valence-corrected chi connectivity index (χ3v) is 4.93. The van der Waals surface area contributed by atoms with Crippen molar-refractivity contribution in [3.63, 3.8) is 0 Å². The highest BCUT2D eigenvalue weighted by atomic mass is 16.7.